The largest absolute Gasteiger partial charge is 0.349 e. The second-order valence-electron chi connectivity index (χ2n) is 7.11. The first kappa shape index (κ1) is 19.9. The lowest BCUT2D eigenvalue weighted by molar-refractivity contribution is -0.114. The van der Waals surface area contributed by atoms with Crippen molar-refractivity contribution in [3.63, 3.8) is 0 Å². The van der Waals surface area contributed by atoms with Crippen LogP contribution in [0.1, 0.15) is 28.7 Å². The van der Waals surface area contributed by atoms with Gasteiger partial charge in [0.1, 0.15) is 5.69 Å². The van der Waals surface area contributed by atoms with E-state index in [1.165, 1.54) is 6.92 Å². The molecule has 3 aromatic rings. The van der Waals surface area contributed by atoms with Crippen LogP contribution < -0.4 is 16.0 Å². The van der Waals surface area contributed by atoms with Crippen LogP contribution in [0.25, 0.3) is 11.3 Å². The van der Waals surface area contributed by atoms with Crippen molar-refractivity contribution >= 4 is 40.7 Å². The first-order chi connectivity index (χ1) is 14.3. The summed E-state index contributed by atoms with van der Waals surface area (Å²) in [5.41, 5.74) is 5.48. The number of halogens is 1. The van der Waals surface area contributed by atoms with Crippen LogP contribution in [-0.4, -0.2) is 32.9 Å². The Hall–Kier alpha value is -3.39. The molecule has 0 unspecified atom stereocenters. The Bertz CT molecular complexity index is 1170. The number of nitrogens with one attached hydrogen (secondary N) is 3. The molecule has 8 nitrogen and oxygen atoms in total. The average molecular weight is 425 g/mol. The van der Waals surface area contributed by atoms with Crippen molar-refractivity contribution in [2.45, 2.75) is 27.3 Å². The smallest absolute Gasteiger partial charge is 0.268 e. The third-order valence-corrected chi connectivity index (χ3v) is 5.36. The second-order valence-corrected chi connectivity index (χ2v) is 7.52. The Balaban J connectivity index is 1.66. The van der Waals surface area contributed by atoms with E-state index < -0.39 is 0 Å². The quantitative estimate of drug-likeness (QED) is 0.593. The zero-order valence-corrected chi connectivity index (χ0v) is 17.6. The average Bonchev–Trinajstić information content (AvgIpc) is 2.95. The van der Waals surface area contributed by atoms with Crippen LogP contribution in [0.2, 0.25) is 5.02 Å². The maximum atomic E-state index is 12.3. The first-order valence-electron chi connectivity index (χ1n) is 9.50. The summed E-state index contributed by atoms with van der Waals surface area (Å²) in [6.07, 6.45) is 1.67. The highest BCUT2D eigenvalue weighted by molar-refractivity contribution is 6.34. The summed E-state index contributed by atoms with van der Waals surface area (Å²) in [5, 5.41) is 9.11. The van der Waals surface area contributed by atoms with E-state index in [9.17, 15) is 9.59 Å². The minimum Gasteiger partial charge on any atom is -0.349 e. The maximum absolute atomic E-state index is 12.3. The standard InChI is InChI=1S/C21H21ClN6O2/c1-11-18(12(2)28-9-8-23-20(30)19(11)28)17-6-7-24-21(27-17)26-14-4-5-16(15(22)10-14)25-13(3)29/h4-7,10H,8-9H2,1-3H3,(H,23,30)(H,25,29)(H,24,26,27). The van der Waals surface area contributed by atoms with E-state index >= 15 is 0 Å². The van der Waals surface area contributed by atoms with Gasteiger partial charge in [-0.15, -0.1) is 0 Å². The predicted octanol–water partition coefficient (Wildman–Crippen LogP) is 3.66. The number of anilines is 3. The fraction of sp³-hybridized carbons (Fsp3) is 0.238. The number of rotatable bonds is 4. The summed E-state index contributed by atoms with van der Waals surface area (Å²) in [7, 11) is 0. The molecule has 0 spiro atoms. The Morgan fingerprint density at radius 1 is 1.27 bits per heavy atom. The molecule has 2 aromatic heterocycles. The first-order valence-corrected chi connectivity index (χ1v) is 9.88. The summed E-state index contributed by atoms with van der Waals surface area (Å²) in [6.45, 7) is 6.72. The van der Waals surface area contributed by atoms with Gasteiger partial charge in [-0.2, -0.15) is 0 Å². The molecule has 3 heterocycles. The topological polar surface area (TPSA) is 101 Å². The van der Waals surface area contributed by atoms with E-state index in [1.54, 1.807) is 24.4 Å². The van der Waals surface area contributed by atoms with E-state index in [4.69, 9.17) is 11.6 Å². The Kier molecular flexibility index (Phi) is 5.17. The summed E-state index contributed by atoms with van der Waals surface area (Å²) < 4.78 is 2.04. The third kappa shape index (κ3) is 3.61. The van der Waals surface area contributed by atoms with Crippen molar-refractivity contribution in [3.8, 4) is 11.3 Å². The zero-order valence-electron chi connectivity index (χ0n) is 16.8. The number of nitrogens with zero attached hydrogens (tertiary/aromatic N) is 3. The number of carbonyl (C=O) groups excluding carboxylic acids is 2. The van der Waals surface area contributed by atoms with Crippen LogP contribution in [0.15, 0.2) is 30.5 Å². The number of carbonyl (C=O) groups is 2. The number of hydrogen-bond donors (Lipinski definition) is 3. The summed E-state index contributed by atoms with van der Waals surface area (Å²) in [5.74, 6) is 0.154. The van der Waals surface area contributed by atoms with Gasteiger partial charge in [-0.05, 0) is 43.7 Å². The Morgan fingerprint density at radius 3 is 2.77 bits per heavy atom. The lowest BCUT2D eigenvalue weighted by atomic mass is 10.1. The van der Waals surface area contributed by atoms with Gasteiger partial charge in [-0.25, -0.2) is 9.97 Å². The van der Waals surface area contributed by atoms with Gasteiger partial charge < -0.3 is 20.5 Å². The van der Waals surface area contributed by atoms with Crippen molar-refractivity contribution < 1.29 is 9.59 Å². The van der Waals surface area contributed by atoms with Gasteiger partial charge in [0.2, 0.25) is 11.9 Å². The molecule has 1 aromatic carbocycles. The molecular weight excluding hydrogens is 404 g/mol. The molecular formula is C21H21ClN6O2. The predicted molar refractivity (Wildman–Crippen MR) is 116 cm³/mol. The molecule has 0 aliphatic carbocycles. The summed E-state index contributed by atoms with van der Waals surface area (Å²) in [4.78, 5) is 32.5. The van der Waals surface area contributed by atoms with Gasteiger partial charge in [-0.1, -0.05) is 11.6 Å². The van der Waals surface area contributed by atoms with Crippen LogP contribution in [0.3, 0.4) is 0 Å². The van der Waals surface area contributed by atoms with E-state index in [-0.39, 0.29) is 11.8 Å². The highest BCUT2D eigenvalue weighted by Crippen LogP contribution is 2.33. The molecule has 0 radical (unpaired) electrons. The van der Waals surface area contributed by atoms with Crippen molar-refractivity contribution in [1.82, 2.24) is 19.9 Å². The molecule has 9 heteroatoms. The Morgan fingerprint density at radius 2 is 2.07 bits per heavy atom. The number of hydrogen-bond acceptors (Lipinski definition) is 5. The van der Waals surface area contributed by atoms with E-state index in [1.807, 2.05) is 24.5 Å². The van der Waals surface area contributed by atoms with Crippen molar-refractivity contribution in [3.05, 3.63) is 52.4 Å². The van der Waals surface area contributed by atoms with Crippen molar-refractivity contribution in [2.75, 3.05) is 17.2 Å². The van der Waals surface area contributed by atoms with Crippen molar-refractivity contribution in [2.24, 2.45) is 0 Å². The molecule has 1 aliphatic rings. The second kappa shape index (κ2) is 7.79. The molecule has 0 fully saturated rings. The number of amides is 2. The van der Waals surface area contributed by atoms with E-state index in [2.05, 4.69) is 25.9 Å². The minimum absolute atomic E-state index is 0.0607. The molecule has 4 rings (SSSR count). The van der Waals surface area contributed by atoms with Crippen LogP contribution in [0.5, 0.6) is 0 Å². The molecule has 0 atom stereocenters. The monoisotopic (exact) mass is 424 g/mol. The zero-order chi connectivity index (χ0) is 21.4. The minimum atomic E-state index is -0.191. The molecule has 30 heavy (non-hydrogen) atoms. The Labute approximate surface area is 178 Å². The molecule has 3 N–H and O–H groups in total. The van der Waals surface area contributed by atoms with E-state index in [0.29, 0.717) is 34.6 Å². The lowest BCUT2D eigenvalue weighted by Crippen LogP contribution is -2.35. The highest BCUT2D eigenvalue weighted by Gasteiger charge is 2.26. The van der Waals surface area contributed by atoms with Crippen molar-refractivity contribution in [1.29, 1.82) is 0 Å². The molecule has 2 amide bonds. The van der Waals surface area contributed by atoms with Crippen LogP contribution in [0, 0.1) is 13.8 Å². The van der Waals surface area contributed by atoms with Crippen LogP contribution >= 0.6 is 11.6 Å². The van der Waals surface area contributed by atoms with Crippen LogP contribution in [-0.2, 0) is 11.3 Å². The van der Waals surface area contributed by atoms with Gasteiger partial charge >= 0.3 is 0 Å². The van der Waals surface area contributed by atoms with Crippen LogP contribution in [0.4, 0.5) is 17.3 Å². The fourth-order valence-electron chi connectivity index (χ4n) is 3.78. The lowest BCUT2D eigenvalue weighted by Gasteiger charge is -2.17. The number of fused-ring (bicyclic) bond motifs is 1. The molecule has 1 aliphatic heterocycles. The fourth-order valence-corrected chi connectivity index (χ4v) is 4.01. The normalized spacial score (nSPS) is 12.9. The number of benzene rings is 1. The SMILES string of the molecule is CC(=O)Nc1ccc(Nc2nccc(-c3c(C)c4n(c3C)CCNC4=O)n2)cc1Cl. The summed E-state index contributed by atoms with van der Waals surface area (Å²) >= 11 is 6.24. The molecule has 0 saturated heterocycles. The molecule has 0 bridgehead atoms. The van der Waals surface area contributed by atoms with Gasteiger partial charge in [0.15, 0.2) is 0 Å². The van der Waals surface area contributed by atoms with Gasteiger partial charge in [0, 0.05) is 43.2 Å². The van der Waals surface area contributed by atoms with Gasteiger partial charge in [0.05, 0.1) is 16.4 Å². The van der Waals surface area contributed by atoms with Gasteiger partial charge in [-0.3, -0.25) is 9.59 Å². The summed E-state index contributed by atoms with van der Waals surface area (Å²) in [6, 6.07) is 7.02. The van der Waals surface area contributed by atoms with E-state index in [0.717, 1.165) is 29.1 Å². The third-order valence-electron chi connectivity index (χ3n) is 5.05. The molecule has 0 saturated carbocycles. The maximum Gasteiger partial charge on any atom is 0.268 e. The molecule has 154 valence electrons. The highest BCUT2D eigenvalue weighted by atomic mass is 35.5. The number of aromatic nitrogens is 3. The van der Waals surface area contributed by atoms with Gasteiger partial charge in [0.25, 0.3) is 5.91 Å².